The van der Waals surface area contributed by atoms with Gasteiger partial charge in [0, 0.05) is 36.1 Å². The van der Waals surface area contributed by atoms with Gasteiger partial charge in [0.05, 0.1) is 11.3 Å². The smallest absolute Gasteiger partial charge is 0.335 e. The van der Waals surface area contributed by atoms with Crippen molar-refractivity contribution in [2.75, 3.05) is 5.32 Å². The molecular weight excluding hydrogens is 304 g/mol. The number of aryl methyl sites for hydroxylation is 1. The monoisotopic (exact) mass is 320 g/mol. The van der Waals surface area contributed by atoms with E-state index >= 15 is 0 Å². The number of carboxylic acids is 1. The molecule has 0 saturated carbocycles. The molecule has 0 bridgehead atoms. The maximum atomic E-state index is 10.9. The van der Waals surface area contributed by atoms with E-state index < -0.39 is 5.97 Å². The molecule has 0 radical (unpaired) electrons. The Morgan fingerprint density at radius 1 is 1.17 bits per heavy atom. The lowest BCUT2D eigenvalue weighted by Crippen LogP contribution is -2.02. The molecule has 3 rings (SSSR count). The Morgan fingerprint density at radius 3 is 2.58 bits per heavy atom. The number of rotatable bonds is 5. The average Bonchev–Trinajstić information content (AvgIpc) is 2.62. The molecule has 0 fully saturated rings. The van der Waals surface area contributed by atoms with Crippen LogP contribution >= 0.6 is 0 Å². The fourth-order valence-electron chi connectivity index (χ4n) is 2.23. The fraction of sp³-hybridized carbons (Fsp3) is 0.111. The summed E-state index contributed by atoms with van der Waals surface area (Å²) in [6, 6.07) is 12.2. The summed E-state index contributed by atoms with van der Waals surface area (Å²) in [5.41, 5.74) is 2.71. The Bertz CT molecular complexity index is 849. The maximum absolute atomic E-state index is 10.9. The van der Waals surface area contributed by atoms with Crippen LogP contribution in [-0.4, -0.2) is 26.0 Å². The highest BCUT2D eigenvalue weighted by atomic mass is 16.4. The molecule has 0 aliphatic heterocycles. The van der Waals surface area contributed by atoms with Gasteiger partial charge >= 0.3 is 5.97 Å². The maximum Gasteiger partial charge on any atom is 0.335 e. The zero-order valence-corrected chi connectivity index (χ0v) is 13.1. The highest BCUT2D eigenvalue weighted by Crippen LogP contribution is 2.22. The van der Waals surface area contributed by atoms with Crippen LogP contribution in [0.5, 0.6) is 0 Å². The number of pyridine rings is 1. The van der Waals surface area contributed by atoms with Gasteiger partial charge in [0.25, 0.3) is 0 Å². The van der Waals surface area contributed by atoms with E-state index in [4.69, 9.17) is 5.11 Å². The van der Waals surface area contributed by atoms with Gasteiger partial charge in [-0.1, -0.05) is 6.92 Å². The van der Waals surface area contributed by atoms with Crippen molar-refractivity contribution in [1.82, 2.24) is 15.0 Å². The van der Waals surface area contributed by atoms with E-state index in [9.17, 15) is 4.79 Å². The number of nitrogens with one attached hydrogen (secondary N) is 1. The Morgan fingerprint density at radius 2 is 1.96 bits per heavy atom. The molecule has 24 heavy (non-hydrogen) atoms. The quantitative estimate of drug-likeness (QED) is 0.747. The van der Waals surface area contributed by atoms with Gasteiger partial charge in [-0.2, -0.15) is 0 Å². The van der Waals surface area contributed by atoms with Crippen molar-refractivity contribution in [3.05, 3.63) is 66.2 Å². The second-order valence-electron chi connectivity index (χ2n) is 5.16. The van der Waals surface area contributed by atoms with Crippen LogP contribution in [0, 0.1) is 0 Å². The van der Waals surface area contributed by atoms with Crippen molar-refractivity contribution in [2.45, 2.75) is 13.3 Å². The number of hydrogen-bond donors (Lipinski definition) is 2. The average molecular weight is 320 g/mol. The summed E-state index contributed by atoms with van der Waals surface area (Å²) in [5.74, 6) is 0.431. The summed E-state index contributed by atoms with van der Waals surface area (Å²) in [5, 5.41) is 12.1. The van der Waals surface area contributed by atoms with E-state index in [-0.39, 0.29) is 5.56 Å². The molecule has 2 heterocycles. The molecule has 0 atom stereocenters. The first-order valence-corrected chi connectivity index (χ1v) is 7.54. The van der Waals surface area contributed by atoms with Crippen molar-refractivity contribution in [3.63, 3.8) is 0 Å². The minimum Gasteiger partial charge on any atom is -0.478 e. The predicted molar refractivity (Wildman–Crippen MR) is 91.3 cm³/mol. The number of carbonyl (C=O) groups is 1. The molecule has 0 saturated heterocycles. The lowest BCUT2D eigenvalue weighted by Gasteiger charge is -2.10. The molecule has 120 valence electrons. The number of benzene rings is 1. The second-order valence-corrected chi connectivity index (χ2v) is 5.16. The van der Waals surface area contributed by atoms with Crippen molar-refractivity contribution in [3.8, 4) is 11.3 Å². The van der Waals surface area contributed by atoms with Crippen LogP contribution in [0.3, 0.4) is 0 Å². The summed E-state index contributed by atoms with van der Waals surface area (Å²) in [6.07, 6.45) is 4.18. The highest BCUT2D eigenvalue weighted by Gasteiger charge is 2.07. The molecule has 0 unspecified atom stereocenters. The molecule has 2 aromatic heterocycles. The van der Waals surface area contributed by atoms with Crippen LogP contribution in [0.2, 0.25) is 0 Å². The third-order valence-corrected chi connectivity index (χ3v) is 3.45. The summed E-state index contributed by atoms with van der Waals surface area (Å²) in [7, 11) is 0. The topological polar surface area (TPSA) is 88.0 Å². The minimum absolute atomic E-state index is 0.244. The number of anilines is 2. The van der Waals surface area contributed by atoms with Gasteiger partial charge in [-0.15, -0.1) is 0 Å². The van der Waals surface area contributed by atoms with E-state index in [2.05, 4.69) is 20.3 Å². The Balaban J connectivity index is 1.91. The fourth-order valence-corrected chi connectivity index (χ4v) is 2.23. The van der Waals surface area contributed by atoms with Gasteiger partial charge in [0.15, 0.2) is 0 Å². The Labute approximate surface area is 139 Å². The first kappa shape index (κ1) is 15.6. The van der Waals surface area contributed by atoms with Crippen LogP contribution in [-0.2, 0) is 6.42 Å². The molecule has 6 nitrogen and oxygen atoms in total. The van der Waals surface area contributed by atoms with E-state index in [1.807, 2.05) is 25.1 Å². The lowest BCUT2D eigenvalue weighted by molar-refractivity contribution is 0.0697. The standard InChI is InChI=1S/C18H16N4O2/c1-2-16-21-15(13-4-3-9-19-11-13)10-17(22-16)20-14-7-5-12(6-8-14)18(23)24/h3-11H,2H2,1H3,(H,23,24)(H,20,21,22). The van der Waals surface area contributed by atoms with Crippen LogP contribution < -0.4 is 5.32 Å². The van der Waals surface area contributed by atoms with E-state index in [0.717, 1.165) is 22.8 Å². The number of hydrogen-bond acceptors (Lipinski definition) is 5. The van der Waals surface area contributed by atoms with Crippen molar-refractivity contribution >= 4 is 17.5 Å². The number of nitrogens with zero attached hydrogens (tertiary/aromatic N) is 3. The molecule has 1 aromatic carbocycles. The van der Waals surface area contributed by atoms with Gasteiger partial charge in [-0.05, 0) is 36.4 Å². The normalized spacial score (nSPS) is 10.4. The second kappa shape index (κ2) is 6.87. The van der Waals surface area contributed by atoms with Gasteiger partial charge in [-0.3, -0.25) is 4.98 Å². The highest BCUT2D eigenvalue weighted by molar-refractivity contribution is 5.88. The van der Waals surface area contributed by atoms with Gasteiger partial charge < -0.3 is 10.4 Å². The van der Waals surface area contributed by atoms with E-state index in [0.29, 0.717) is 12.2 Å². The molecule has 0 amide bonds. The van der Waals surface area contributed by atoms with Crippen molar-refractivity contribution in [1.29, 1.82) is 0 Å². The van der Waals surface area contributed by atoms with Crippen LogP contribution in [0.25, 0.3) is 11.3 Å². The first-order valence-electron chi connectivity index (χ1n) is 7.54. The van der Waals surface area contributed by atoms with Crippen LogP contribution in [0.15, 0.2) is 54.9 Å². The molecule has 0 aliphatic rings. The van der Waals surface area contributed by atoms with Gasteiger partial charge in [0.2, 0.25) is 0 Å². The van der Waals surface area contributed by atoms with Gasteiger partial charge in [-0.25, -0.2) is 14.8 Å². The molecule has 0 aliphatic carbocycles. The molecule has 0 spiro atoms. The predicted octanol–water partition coefficient (Wildman–Crippen LogP) is 3.54. The SMILES string of the molecule is CCc1nc(Nc2ccc(C(=O)O)cc2)cc(-c2cccnc2)n1. The number of carboxylic acid groups (broad SMARTS) is 1. The Kier molecular flexibility index (Phi) is 4.47. The Hall–Kier alpha value is -3.28. The molecule has 2 N–H and O–H groups in total. The number of aromatic carboxylic acids is 1. The van der Waals surface area contributed by atoms with Gasteiger partial charge in [0.1, 0.15) is 11.6 Å². The zero-order valence-electron chi connectivity index (χ0n) is 13.1. The number of aromatic nitrogens is 3. The first-order chi connectivity index (χ1) is 11.7. The zero-order chi connectivity index (χ0) is 16.9. The largest absolute Gasteiger partial charge is 0.478 e. The molecule has 3 aromatic rings. The third-order valence-electron chi connectivity index (χ3n) is 3.45. The summed E-state index contributed by atoms with van der Waals surface area (Å²) in [6.45, 7) is 1.99. The van der Waals surface area contributed by atoms with E-state index in [1.54, 1.807) is 36.7 Å². The lowest BCUT2D eigenvalue weighted by atomic mass is 10.2. The molecular formula is C18H16N4O2. The van der Waals surface area contributed by atoms with Crippen molar-refractivity contribution in [2.24, 2.45) is 0 Å². The summed E-state index contributed by atoms with van der Waals surface area (Å²) >= 11 is 0. The minimum atomic E-state index is -0.948. The summed E-state index contributed by atoms with van der Waals surface area (Å²) < 4.78 is 0. The van der Waals surface area contributed by atoms with Crippen LogP contribution in [0.1, 0.15) is 23.1 Å². The third kappa shape index (κ3) is 3.55. The van der Waals surface area contributed by atoms with E-state index in [1.165, 1.54) is 0 Å². The van der Waals surface area contributed by atoms with Crippen LogP contribution in [0.4, 0.5) is 11.5 Å². The van der Waals surface area contributed by atoms with Crippen molar-refractivity contribution < 1.29 is 9.90 Å². The molecule has 6 heteroatoms. The summed E-state index contributed by atoms with van der Waals surface area (Å²) in [4.78, 5) is 24.0.